The number of benzene rings is 1. The summed E-state index contributed by atoms with van der Waals surface area (Å²) in [6.07, 6.45) is 1.46. The smallest absolute Gasteiger partial charge is 0.334 e. The second-order valence-corrected chi connectivity index (χ2v) is 4.17. The fourth-order valence-corrected chi connectivity index (χ4v) is 0.882. The van der Waals surface area contributed by atoms with Gasteiger partial charge >= 0.3 is 5.97 Å². The third-order valence-electron chi connectivity index (χ3n) is 1.48. The maximum absolute atomic E-state index is 10.4. The molecule has 1 unspecified atom stereocenters. The lowest BCUT2D eigenvalue weighted by molar-refractivity contribution is -0.140. The predicted octanol–water partition coefficient (Wildman–Crippen LogP) is 3.21. The van der Waals surface area contributed by atoms with E-state index in [-0.39, 0.29) is 6.61 Å². The van der Waals surface area contributed by atoms with Crippen molar-refractivity contribution in [1.82, 2.24) is 0 Å². The second-order valence-electron chi connectivity index (χ2n) is 2.91. The van der Waals surface area contributed by atoms with Crippen molar-refractivity contribution in [3.05, 3.63) is 48.6 Å². The minimum atomic E-state index is -0.870. The van der Waals surface area contributed by atoms with Gasteiger partial charge in [-0.25, -0.2) is 4.79 Å². The first kappa shape index (κ1) is 15.1. The van der Waals surface area contributed by atoms with Crippen LogP contribution in [-0.2, 0) is 9.53 Å². The quantitative estimate of drug-likeness (QED) is 0.390. The molecule has 0 saturated heterocycles. The zero-order chi connectivity index (χ0) is 12.4. The van der Waals surface area contributed by atoms with Crippen molar-refractivity contribution in [2.24, 2.45) is 0 Å². The number of thiol groups is 1. The van der Waals surface area contributed by atoms with Crippen LogP contribution in [0.1, 0.15) is 5.56 Å². The zero-order valence-corrected chi connectivity index (χ0v) is 10.7. The monoisotopic (exact) mass is 258 g/mol. The zero-order valence-electron chi connectivity index (χ0n) is 9.10. The maximum Gasteiger partial charge on any atom is 0.334 e. The first-order chi connectivity index (χ1) is 7.57. The summed E-state index contributed by atoms with van der Waals surface area (Å²) >= 11 is 8.84. The Labute approximate surface area is 107 Å². The van der Waals surface area contributed by atoms with Gasteiger partial charge < -0.3 is 4.74 Å². The summed E-state index contributed by atoms with van der Waals surface area (Å²) in [6, 6.07) is 10.3. The van der Waals surface area contributed by atoms with E-state index in [0.717, 1.165) is 0 Å². The highest BCUT2D eigenvalue weighted by Crippen LogP contribution is 2.02. The van der Waals surface area contributed by atoms with E-state index in [2.05, 4.69) is 43.0 Å². The van der Waals surface area contributed by atoms with Crippen molar-refractivity contribution >= 4 is 30.2 Å². The molecule has 0 radical (unpaired) electrons. The molecule has 1 atom stereocenters. The summed E-state index contributed by atoms with van der Waals surface area (Å²) in [5.41, 5.74) is 1.32. The van der Waals surface area contributed by atoms with Crippen molar-refractivity contribution in [2.75, 3.05) is 6.61 Å². The third kappa shape index (κ3) is 8.38. The number of carbonyl (C=O) groups excluding carboxylic acids is 1. The van der Waals surface area contributed by atoms with Crippen molar-refractivity contribution in [1.29, 1.82) is 0 Å². The van der Waals surface area contributed by atoms with Crippen LogP contribution in [-0.4, -0.2) is 17.3 Å². The molecular formula is C12H15ClO2S. The van der Waals surface area contributed by atoms with Crippen molar-refractivity contribution in [3.8, 4) is 0 Å². The summed E-state index contributed by atoms with van der Waals surface area (Å²) < 4.78 is 3.62. The topological polar surface area (TPSA) is 26.3 Å². The molecule has 2 nitrogen and oxygen atoms in total. The number of esters is 1. The standard InChI is InChI=1S/C7H8.C5H7ClO2S/c1-7-5-3-2-4-6-7;1-2-3-8-5(7)4(6)9/h2-6H,1H3;2,4,9H,1,3H2. The molecule has 0 aliphatic carbocycles. The molecule has 0 saturated carbocycles. The highest BCUT2D eigenvalue weighted by Gasteiger charge is 2.09. The molecule has 0 heterocycles. The normalized spacial score (nSPS) is 10.7. The summed E-state index contributed by atoms with van der Waals surface area (Å²) in [7, 11) is 0. The Bertz CT molecular complexity index is 312. The predicted molar refractivity (Wildman–Crippen MR) is 71.0 cm³/mol. The molecule has 1 aromatic rings. The van der Waals surface area contributed by atoms with Crippen LogP contribution >= 0.6 is 24.2 Å². The van der Waals surface area contributed by atoms with Gasteiger partial charge in [-0.05, 0) is 6.92 Å². The summed E-state index contributed by atoms with van der Waals surface area (Å²) in [4.78, 5) is 10.4. The Morgan fingerprint density at radius 1 is 1.56 bits per heavy atom. The largest absolute Gasteiger partial charge is 0.460 e. The van der Waals surface area contributed by atoms with Crippen LogP contribution in [0.15, 0.2) is 43.0 Å². The number of ether oxygens (including phenoxy) is 1. The number of alkyl halides is 1. The van der Waals surface area contributed by atoms with Gasteiger partial charge in [0.05, 0.1) is 0 Å². The lowest BCUT2D eigenvalue weighted by Gasteiger charge is -2.00. The van der Waals surface area contributed by atoms with Crippen LogP contribution < -0.4 is 0 Å². The van der Waals surface area contributed by atoms with Gasteiger partial charge in [0.2, 0.25) is 0 Å². The van der Waals surface area contributed by atoms with Gasteiger partial charge in [0.1, 0.15) is 6.61 Å². The van der Waals surface area contributed by atoms with E-state index in [1.54, 1.807) is 0 Å². The fourth-order valence-electron chi connectivity index (χ4n) is 0.744. The number of carbonyl (C=O) groups is 1. The van der Waals surface area contributed by atoms with Gasteiger partial charge in [-0.1, -0.05) is 60.2 Å². The first-order valence-electron chi connectivity index (χ1n) is 4.69. The average molecular weight is 259 g/mol. The average Bonchev–Trinajstić information content (AvgIpc) is 2.27. The Morgan fingerprint density at radius 2 is 2.12 bits per heavy atom. The number of hydrogen-bond donors (Lipinski definition) is 1. The van der Waals surface area contributed by atoms with Gasteiger partial charge in [-0.3, -0.25) is 0 Å². The lowest BCUT2D eigenvalue weighted by Crippen LogP contribution is -2.11. The lowest BCUT2D eigenvalue weighted by atomic mass is 10.2. The molecule has 0 aliphatic heterocycles. The molecule has 0 amide bonds. The molecule has 1 aromatic carbocycles. The molecule has 0 aromatic heterocycles. The molecule has 0 fully saturated rings. The highest BCUT2D eigenvalue weighted by molar-refractivity contribution is 7.83. The van der Waals surface area contributed by atoms with E-state index in [9.17, 15) is 4.79 Å². The van der Waals surface area contributed by atoms with Crippen LogP contribution in [0.5, 0.6) is 0 Å². The SMILES string of the molecule is C=CCOC(=O)C(S)Cl.Cc1ccccc1. The Kier molecular flexibility index (Phi) is 8.77. The van der Waals surface area contributed by atoms with Gasteiger partial charge in [0, 0.05) is 0 Å². The number of halogens is 1. The molecule has 1 rings (SSSR count). The van der Waals surface area contributed by atoms with E-state index in [1.807, 2.05) is 18.2 Å². The number of rotatable bonds is 3. The van der Waals surface area contributed by atoms with Gasteiger partial charge in [0.25, 0.3) is 0 Å². The van der Waals surface area contributed by atoms with E-state index < -0.39 is 10.7 Å². The maximum atomic E-state index is 10.4. The van der Waals surface area contributed by atoms with E-state index in [1.165, 1.54) is 11.6 Å². The van der Waals surface area contributed by atoms with Crippen LogP contribution in [0.25, 0.3) is 0 Å². The highest BCUT2D eigenvalue weighted by atomic mass is 35.5. The van der Waals surface area contributed by atoms with E-state index in [0.29, 0.717) is 0 Å². The minimum Gasteiger partial charge on any atom is -0.460 e. The van der Waals surface area contributed by atoms with Crippen molar-refractivity contribution in [2.45, 2.75) is 11.6 Å². The molecule has 0 N–H and O–H groups in total. The third-order valence-corrected chi connectivity index (χ3v) is 1.87. The first-order valence-corrected chi connectivity index (χ1v) is 5.64. The summed E-state index contributed by atoms with van der Waals surface area (Å²) in [5, 5.41) is 0. The van der Waals surface area contributed by atoms with Crippen LogP contribution in [0, 0.1) is 6.92 Å². The molecule has 88 valence electrons. The molecular weight excluding hydrogens is 244 g/mol. The molecule has 0 spiro atoms. The van der Waals surface area contributed by atoms with Gasteiger partial charge in [-0.2, -0.15) is 0 Å². The Balaban J connectivity index is 0.000000288. The van der Waals surface area contributed by atoms with Crippen LogP contribution in [0.2, 0.25) is 0 Å². The Morgan fingerprint density at radius 3 is 2.44 bits per heavy atom. The molecule has 16 heavy (non-hydrogen) atoms. The van der Waals surface area contributed by atoms with Gasteiger partial charge in [0.15, 0.2) is 4.71 Å². The van der Waals surface area contributed by atoms with Crippen LogP contribution in [0.3, 0.4) is 0 Å². The Hall–Kier alpha value is -0.930. The van der Waals surface area contributed by atoms with E-state index in [4.69, 9.17) is 11.6 Å². The van der Waals surface area contributed by atoms with Crippen LogP contribution in [0.4, 0.5) is 0 Å². The number of hydrogen-bond acceptors (Lipinski definition) is 3. The summed E-state index contributed by atoms with van der Waals surface area (Å²) in [5.74, 6) is -0.542. The molecule has 0 aliphatic rings. The summed E-state index contributed by atoms with van der Waals surface area (Å²) in [6.45, 7) is 5.61. The number of aryl methyl sites for hydroxylation is 1. The fraction of sp³-hybridized carbons (Fsp3) is 0.250. The molecule has 4 heteroatoms. The van der Waals surface area contributed by atoms with E-state index >= 15 is 0 Å². The van der Waals surface area contributed by atoms with Crippen molar-refractivity contribution in [3.63, 3.8) is 0 Å². The minimum absolute atomic E-state index is 0.183. The van der Waals surface area contributed by atoms with Gasteiger partial charge in [-0.15, -0.1) is 12.6 Å². The second kappa shape index (κ2) is 9.31. The van der Waals surface area contributed by atoms with Crippen molar-refractivity contribution < 1.29 is 9.53 Å². The molecule has 0 bridgehead atoms.